The highest BCUT2D eigenvalue weighted by Crippen LogP contribution is 2.29. The molecule has 1 atom stereocenters. The van der Waals surface area contributed by atoms with Crippen molar-refractivity contribution >= 4 is 17.7 Å². The maximum Gasteiger partial charge on any atom is 0.277 e. The molecule has 5 nitrogen and oxygen atoms in total. The molecule has 0 spiro atoms. The van der Waals surface area contributed by atoms with Gasteiger partial charge in [0, 0.05) is 12.1 Å². The molecule has 1 aliphatic rings. The van der Waals surface area contributed by atoms with Crippen LogP contribution in [-0.4, -0.2) is 27.9 Å². The minimum absolute atomic E-state index is 0.0323. The largest absolute Gasteiger partial charge is 0.411 e. The van der Waals surface area contributed by atoms with Gasteiger partial charge in [-0.25, -0.2) is 0 Å². The van der Waals surface area contributed by atoms with Gasteiger partial charge in [0.2, 0.25) is 11.8 Å². The molecule has 0 aliphatic heterocycles. The topological polar surface area (TPSA) is 68.0 Å². The number of benzene rings is 1. The summed E-state index contributed by atoms with van der Waals surface area (Å²) in [5, 5.41) is 11.5. The molecule has 1 aromatic carbocycles. The van der Waals surface area contributed by atoms with E-state index in [-0.39, 0.29) is 16.6 Å². The van der Waals surface area contributed by atoms with Crippen molar-refractivity contribution in [3.8, 4) is 11.5 Å². The zero-order valence-corrected chi connectivity index (χ0v) is 18.1. The van der Waals surface area contributed by atoms with Crippen LogP contribution in [0.25, 0.3) is 11.5 Å². The second-order valence-corrected chi connectivity index (χ2v) is 10.0. The fraction of sp³-hybridized carbons (Fsp3) is 0.591. The smallest absolute Gasteiger partial charge is 0.277 e. The molecule has 0 radical (unpaired) electrons. The molecule has 6 heteroatoms. The van der Waals surface area contributed by atoms with E-state index in [1.165, 1.54) is 49.4 Å². The molecule has 2 aromatic rings. The van der Waals surface area contributed by atoms with E-state index >= 15 is 0 Å². The molecule has 1 heterocycles. The van der Waals surface area contributed by atoms with Gasteiger partial charge in [0.25, 0.3) is 5.22 Å². The van der Waals surface area contributed by atoms with Crippen molar-refractivity contribution in [3.05, 3.63) is 29.8 Å². The van der Waals surface area contributed by atoms with Crippen LogP contribution in [0.3, 0.4) is 0 Å². The summed E-state index contributed by atoms with van der Waals surface area (Å²) in [6, 6.07) is 8.19. The van der Waals surface area contributed by atoms with Crippen LogP contribution in [0.2, 0.25) is 0 Å². The molecule has 1 aromatic heterocycles. The highest BCUT2D eigenvalue weighted by Gasteiger charge is 2.21. The van der Waals surface area contributed by atoms with Gasteiger partial charge in [-0.15, -0.1) is 10.2 Å². The van der Waals surface area contributed by atoms with E-state index in [1.54, 1.807) is 0 Å². The summed E-state index contributed by atoms with van der Waals surface area (Å²) >= 11 is 1.31. The van der Waals surface area contributed by atoms with E-state index in [0.29, 0.717) is 17.0 Å². The Balaban J connectivity index is 1.54. The third kappa shape index (κ3) is 5.60. The van der Waals surface area contributed by atoms with E-state index < -0.39 is 0 Å². The minimum Gasteiger partial charge on any atom is -0.411 e. The number of thioether (sulfide) groups is 1. The van der Waals surface area contributed by atoms with Crippen molar-refractivity contribution in [1.29, 1.82) is 0 Å². The van der Waals surface area contributed by atoms with Crippen molar-refractivity contribution in [2.24, 2.45) is 5.92 Å². The van der Waals surface area contributed by atoms with E-state index in [2.05, 4.69) is 48.4 Å². The van der Waals surface area contributed by atoms with Gasteiger partial charge in [0.1, 0.15) is 0 Å². The molecule has 1 amide bonds. The second kappa shape index (κ2) is 9.12. The molecular weight excluding hydrogens is 370 g/mol. The summed E-state index contributed by atoms with van der Waals surface area (Å²) in [4.78, 5) is 12.4. The summed E-state index contributed by atoms with van der Waals surface area (Å²) < 4.78 is 5.77. The summed E-state index contributed by atoms with van der Waals surface area (Å²) in [6.07, 6.45) is 6.35. The number of hydrogen-bond acceptors (Lipinski definition) is 5. The zero-order chi connectivity index (χ0) is 20.1. The molecule has 0 bridgehead atoms. The van der Waals surface area contributed by atoms with E-state index in [0.717, 1.165) is 12.1 Å². The molecule has 1 N–H and O–H groups in total. The lowest BCUT2D eigenvalue weighted by atomic mass is 9.87. The highest BCUT2D eigenvalue weighted by molar-refractivity contribution is 8.00. The van der Waals surface area contributed by atoms with Gasteiger partial charge in [-0.05, 0) is 48.8 Å². The first-order valence-corrected chi connectivity index (χ1v) is 11.1. The Morgan fingerprint density at radius 3 is 2.50 bits per heavy atom. The lowest BCUT2D eigenvalue weighted by Crippen LogP contribution is -2.35. The summed E-state index contributed by atoms with van der Waals surface area (Å²) in [5.41, 5.74) is 2.25. The van der Waals surface area contributed by atoms with Crippen molar-refractivity contribution in [2.75, 3.05) is 6.54 Å². The normalized spacial score (nSPS) is 16.7. The average Bonchev–Trinajstić information content (AvgIpc) is 3.14. The zero-order valence-electron chi connectivity index (χ0n) is 17.3. The van der Waals surface area contributed by atoms with Gasteiger partial charge in [-0.1, -0.05) is 63.9 Å². The first-order valence-electron chi connectivity index (χ1n) is 10.2. The maximum absolute atomic E-state index is 12.4. The van der Waals surface area contributed by atoms with E-state index in [1.807, 2.05) is 19.1 Å². The Morgan fingerprint density at radius 2 is 1.86 bits per heavy atom. The molecule has 3 rings (SSSR count). The maximum atomic E-state index is 12.4. The van der Waals surface area contributed by atoms with Crippen LogP contribution < -0.4 is 5.32 Å². The van der Waals surface area contributed by atoms with Crippen LogP contribution >= 0.6 is 11.8 Å². The summed E-state index contributed by atoms with van der Waals surface area (Å²) in [6.45, 7) is 9.21. The van der Waals surface area contributed by atoms with Gasteiger partial charge >= 0.3 is 0 Å². The lowest BCUT2D eigenvalue weighted by molar-refractivity contribution is -0.120. The third-order valence-corrected chi connectivity index (χ3v) is 6.28. The predicted octanol–water partition coefficient (Wildman–Crippen LogP) is 5.21. The van der Waals surface area contributed by atoms with Crippen LogP contribution in [0.15, 0.2) is 33.9 Å². The first-order chi connectivity index (χ1) is 13.3. The summed E-state index contributed by atoms with van der Waals surface area (Å²) in [5.74, 6) is 1.14. The Kier molecular flexibility index (Phi) is 6.81. The lowest BCUT2D eigenvalue weighted by Gasteiger charge is -2.22. The number of amides is 1. The van der Waals surface area contributed by atoms with Crippen LogP contribution in [0.1, 0.15) is 65.4 Å². The number of hydrogen-bond donors (Lipinski definition) is 1. The quantitative estimate of drug-likeness (QED) is 0.673. The molecule has 1 aliphatic carbocycles. The van der Waals surface area contributed by atoms with E-state index in [9.17, 15) is 4.79 Å². The molecule has 0 unspecified atom stereocenters. The number of rotatable bonds is 6. The SMILES string of the molecule is C[C@H](Sc1nnc(-c2ccc(C(C)(C)C)cc2)o1)C(=O)NCC1CCCCC1. The van der Waals surface area contributed by atoms with Crippen molar-refractivity contribution < 1.29 is 9.21 Å². The Labute approximate surface area is 172 Å². The molecule has 0 saturated heterocycles. The molecule has 152 valence electrons. The monoisotopic (exact) mass is 401 g/mol. The Hall–Kier alpha value is -1.82. The number of nitrogens with one attached hydrogen (secondary N) is 1. The molecule has 1 saturated carbocycles. The third-order valence-electron chi connectivity index (χ3n) is 5.34. The minimum atomic E-state index is -0.264. The van der Waals surface area contributed by atoms with Crippen LogP contribution in [-0.2, 0) is 10.2 Å². The highest BCUT2D eigenvalue weighted by atomic mass is 32.2. The van der Waals surface area contributed by atoms with Crippen molar-refractivity contribution in [2.45, 2.75) is 75.7 Å². The fourth-order valence-electron chi connectivity index (χ4n) is 3.47. The van der Waals surface area contributed by atoms with Gasteiger partial charge in [0.05, 0.1) is 5.25 Å². The average molecular weight is 402 g/mol. The van der Waals surface area contributed by atoms with Gasteiger partial charge < -0.3 is 9.73 Å². The van der Waals surface area contributed by atoms with Crippen LogP contribution in [0.5, 0.6) is 0 Å². The Bertz CT molecular complexity index is 774. The molecule has 28 heavy (non-hydrogen) atoms. The van der Waals surface area contributed by atoms with E-state index in [4.69, 9.17) is 4.42 Å². The van der Waals surface area contributed by atoms with Gasteiger partial charge in [0.15, 0.2) is 0 Å². The summed E-state index contributed by atoms with van der Waals surface area (Å²) in [7, 11) is 0. The Morgan fingerprint density at radius 1 is 1.18 bits per heavy atom. The molecular formula is C22H31N3O2S. The van der Waals surface area contributed by atoms with Crippen LogP contribution in [0.4, 0.5) is 0 Å². The fourth-order valence-corrected chi connectivity index (χ4v) is 4.18. The van der Waals surface area contributed by atoms with Gasteiger partial charge in [-0.3, -0.25) is 4.79 Å². The number of nitrogens with zero attached hydrogens (tertiary/aromatic N) is 2. The number of carbonyl (C=O) groups is 1. The second-order valence-electron chi connectivity index (χ2n) is 8.71. The standard InChI is InChI=1S/C22H31N3O2S/c1-15(19(26)23-14-16-8-6-5-7-9-16)28-21-25-24-20(27-21)17-10-12-18(13-11-17)22(2,3)4/h10-13,15-16H,5-9,14H2,1-4H3,(H,23,26)/t15-/m0/s1. The number of carbonyl (C=O) groups excluding carboxylic acids is 1. The number of aromatic nitrogens is 2. The van der Waals surface area contributed by atoms with Crippen molar-refractivity contribution in [1.82, 2.24) is 15.5 Å². The first kappa shape index (κ1) is 20.9. The van der Waals surface area contributed by atoms with Crippen LogP contribution in [0, 0.1) is 5.92 Å². The predicted molar refractivity (Wildman–Crippen MR) is 113 cm³/mol. The van der Waals surface area contributed by atoms with Crippen molar-refractivity contribution in [3.63, 3.8) is 0 Å². The molecule has 1 fully saturated rings. The van der Waals surface area contributed by atoms with Gasteiger partial charge in [-0.2, -0.15) is 0 Å².